The fourth-order valence-electron chi connectivity index (χ4n) is 3.21. The SMILES string of the molecule is COc1cc(C)ccc1CNC(=O)CN1CCC(c2ccccc2)NC1=O. The molecule has 2 N–H and O–H groups in total. The van der Waals surface area contributed by atoms with Gasteiger partial charge in [0.05, 0.1) is 13.2 Å². The minimum atomic E-state index is -0.210. The van der Waals surface area contributed by atoms with Crippen LogP contribution in [0.3, 0.4) is 0 Å². The van der Waals surface area contributed by atoms with Gasteiger partial charge in [0.1, 0.15) is 12.3 Å². The summed E-state index contributed by atoms with van der Waals surface area (Å²) in [4.78, 5) is 26.2. The number of hydrogen-bond acceptors (Lipinski definition) is 3. The summed E-state index contributed by atoms with van der Waals surface area (Å²) in [7, 11) is 1.61. The number of aryl methyl sites for hydroxylation is 1. The summed E-state index contributed by atoms with van der Waals surface area (Å²) in [5, 5.41) is 5.84. The van der Waals surface area contributed by atoms with Crippen molar-refractivity contribution >= 4 is 11.9 Å². The average Bonchev–Trinajstić information content (AvgIpc) is 2.69. The van der Waals surface area contributed by atoms with E-state index in [0.717, 1.165) is 28.9 Å². The number of benzene rings is 2. The van der Waals surface area contributed by atoms with E-state index < -0.39 is 0 Å². The second-order valence-electron chi connectivity index (χ2n) is 6.72. The molecule has 0 bridgehead atoms. The Hall–Kier alpha value is -3.02. The third-order valence-corrected chi connectivity index (χ3v) is 4.73. The third-order valence-electron chi connectivity index (χ3n) is 4.73. The molecule has 2 aromatic rings. The van der Waals surface area contributed by atoms with Crippen molar-refractivity contribution in [2.75, 3.05) is 20.2 Å². The van der Waals surface area contributed by atoms with Crippen molar-refractivity contribution in [3.63, 3.8) is 0 Å². The molecule has 27 heavy (non-hydrogen) atoms. The van der Waals surface area contributed by atoms with Gasteiger partial charge in [-0.2, -0.15) is 0 Å². The highest BCUT2D eigenvalue weighted by atomic mass is 16.5. The molecule has 1 aliphatic heterocycles. The van der Waals surface area contributed by atoms with E-state index in [1.54, 1.807) is 12.0 Å². The van der Waals surface area contributed by atoms with Gasteiger partial charge in [-0.15, -0.1) is 0 Å². The van der Waals surface area contributed by atoms with E-state index in [1.165, 1.54) is 0 Å². The van der Waals surface area contributed by atoms with Gasteiger partial charge in [0.15, 0.2) is 0 Å². The Morgan fingerprint density at radius 2 is 2.04 bits per heavy atom. The first-order valence-electron chi connectivity index (χ1n) is 9.07. The molecule has 1 heterocycles. The van der Waals surface area contributed by atoms with E-state index in [-0.39, 0.29) is 24.5 Å². The zero-order valence-corrected chi connectivity index (χ0v) is 15.7. The van der Waals surface area contributed by atoms with Gasteiger partial charge in [-0.3, -0.25) is 4.79 Å². The van der Waals surface area contributed by atoms with E-state index in [1.807, 2.05) is 55.5 Å². The lowest BCUT2D eigenvalue weighted by Crippen LogP contribution is -2.51. The van der Waals surface area contributed by atoms with Crippen LogP contribution >= 0.6 is 0 Å². The lowest BCUT2D eigenvalue weighted by molar-refractivity contribution is -0.122. The molecule has 1 atom stereocenters. The van der Waals surface area contributed by atoms with Gasteiger partial charge < -0.3 is 20.3 Å². The number of methoxy groups -OCH3 is 1. The van der Waals surface area contributed by atoms with E-state index in [4.69, 9.17) is 4.74 Å². The number of ether oxygens (including phenoxy) is 1. The summed E-state index contributed by atoms with van der Waals surface area (Å²) in [5.41, 5.74) is 3.09. The molecule has 0 aliphatic carbocycles. The van der Waals surface area contributed by atoms with Gasteiger partial charge >= 0.3 is 6.03 Å². The van der Waals surface area contributed by atoms with Crippen molar-refractivity contribution in [2.24, 2.45) is 0 Å². The molecule has 1 fully saturated rings. The maximum atomic E-state index is 12.3. The second kappa shape index (κ2) is 8.58. The summed E-state index contributed by atoms with van der Waals surface area (Å²) in [6.07, 6.45) is 0.773. The molecule has 142 valence electrons. The summed E-state index contributed by atoms with van der Waals surface area (Å²) in [6, 6.07) is 15.5. The van der Waals surface area contributed by atoms with Crippen molar-refractivity contribution in [2.45, 2.75) is 25.9 Å². The van der Waals surface area contributed by atoms with Crippen LogP contribution in [0.2, 0.25) is 0 Å². The topological polar surface area (TPSA) is 70.7 Å². The lowest BCUT2D eigenvalue weighted by Gasteiger charge is -2.32. The highest BCUT2D eigenvalue weighted by molar-refractivity contribution is 5.84. The van der Waals surface area contributed by atoms with E-state index in [2.05, 4.69) is 10.6 Å². The predicted molar refractivity (Wildman–Crippen MR) is 103 cm³/mol. The number of nitrogens with zero attached hydrogens (tertiary/aromatic N) is 1. The first-order chi connectivity index (χ1) is 13.1. The zero-order valence-electron chi connectivity index (χ0n) is 15.7. The summed E-state index contributed by atoms with van der Waals surface area (Å²) in [6.45, 7) is 2.95. The quantitative estimate of drug-likeness (QED) is 0.825. The number of urea groups is 1. The normalized spacial score (nSPS) is 16.6. The lowest BCUT2D eigenvalue weighted by atomic mass is 10.0. The molecule has 1 saturated heterocycles. The maximum absolute atomic E-state index is 12.3. The van der Waals surface area contributed by atoms with Gasteiger partial charge in [-0.25, -0.2) is 4.79 Å². The Labute approximate surface area is 159 Å². The van der Waals surface area contributed by atoms with Crippen LogP contribution in [0.1, 0.15) is 29.2 Å². The number of rotatable bonds is 6. The largest absolute Gasteiger partial charge is 0.496 e. The van der Waals surface area contributed by atoms with E-state index >= 15 is 0 Å². The van der Waals surface area contributed by atoms with Crippen LogP contribution in [-0.2, 0) is 11.3 Å². The monoisotopic (exact) mass is 367 g/mol. The molecule has 1 unspecified atom stereocenters. The van der Waals surface area contributed by atoms with Crippen LogP contribution in [0.5, 0.6) is 5.75 Å². The van der Waals surface area contributed by atoms with Crippen molar-refractivity contribution in [1.82, 2.24) is 15.5 Å². The minimum Gasteiger partial charge on any atom is -0.496 e. The van der Waals surface area contributed by atoms with Crippen LogP contribution in [-0.4, -0.2) is 37.0 Å². The Morgan fingerprint density at radius 3 is 2.74 bits per heavy atom. The van der Waals surface area contributed by atoms with Crippen LogP contribution in [0.25, 0.3) is 0 Å². The first kappa shape index (κ1) is 18.8. The maximum Gasteiger partial charge on any atom is 0.318 e. The standard InChI is InChI=1S/C21H25N3O3/c1-15-8-9-17(19(12-15)27-2)13-22-20(25)14-24-11-10-18(23-21(24)26)16-6-4-3-5-7-16/h3-9,12,18H,10-11,13-14H2,1-2H3,(H,22,25)(H,23,26). The minimum absolute atomic E-state index is 0.00479. The summed E-state index contributed by atoms with van der Waals surface area (Å²) in [5.74, 6) is 0.558. The summed E-state index contributed by atoms with van der Waals surface area (Å²) < 4.78 is 5.35. The van der Waals surface area contributed by atoms with Gasteiger partial charge in [0.25, 0.3) is 0 Å². The highest BCUT2D eigenvalue weighted by Gasteiger charge is 2.27. The average molecular weight is 367 g/mol. The zero-order chi connectivity index (χ0) is 19.2. The molecule has 6 heteroatoms. The Kier molecular flexibility index (Phi) is 5.96. The van der Waals surface area contributed by atoms with Gasteiger partial charge in [0.2, 0.25) is 5.91 Å². The Balaban J connectivity index is 1.51. The number of nitrogens with one attached hydrogen (secondary N) is 2. The van der Waals surface area contributed by atoms with Crippen molar-refractivity contribution in [1.29, 1.82) is 0 Å². The van der Waals surface area contributed by atoms with Gasteiger partial charge in [-0.1, -0.05) is 42.5 Å². The number of amides is 3. The van der Waals surface area contributed by atoms with Gasteiger partial charge in [-0.05, 0) is 30.5 Å². The van der Waals surface area contributed by atoms with Crippen LogP contribution in [0, 0.1) is 6.92 Å². The van der Waals surface area contributed by atoms with Crippen molar-refractivity contribution < 1.29 is 14.3 Å². The van der Waals surface area contributed by atoms with Crippen LogP contribution < -0.4 is 15.4 Å². The molecule has 3 amide bonds. The molecule has 2 aromatic carbocycles. The Bertz CT molecular complexity index is 808. The molecule has 0 radical (unpaired) electrons. The number of hydrogen-bond donors (Lipinski definition) is 2. The van der Waals surface area contributed by atoms with Crippen LogP contribution in [0.15, 0.2) is 48.5 Å². The molecule has 0 spiro atoms. The Morgan fingerprint density at radius 1 is 1.26 bits per heavy atom. The van der Waals surface area contributed by atoms with E-state index in [9.17, 15) is 9.59 Å². The smallest absolute Gasteiger partial charge is 0.318 e. The second-order valence-corrected chi connectivity index (χ2v) is 6.72. The summed E-state index contributed by atoms with van der Waals surface area (Å²) >= 11 is 0. The van der Waals surface area contributed by atoms with Crippen LogP contribution in [0.4, 0.5) is 4.79 Å². The van der Waals surface area contributed by atoms with Crippen molar-refractivity contribution in [3.05, 3.63) is 65.2 Å². The molecule has 0 saturated carbocycles. The highest BCUT2D eigenvalue weighted by Crippen LogP contribution is 2.21. The molecule has 1 aliphatic rings. The molecular weight excluding hydrogens is 342 g/mol. The predicted octanol–water partition coefficient (Wildman–Crippen LogP) is 2.78. The van der Waals surface area contributed by atoms with E-state index in [0.29, 0.717) is 13.1 Å². The molecular formula is C21H25N3O3. The molecule has 3 rings (SSSR count). The first-order valence-corrected chi connectivity index (χ1v) is 9.07. The van der Waals surface area contributed by atoms with Crippen molar-refractivity contribution in [3.8, 4) is 5.75 Å². The fourth-order valence-corrected chi connectivity index (χ4v) is 3.21. The number of carbonyl (C=O) groups excluding carboxylic acids is 2. The number of carbonyl (C=O) groups is 2. The fraction of sp³-hybridized carbons (Fsp3) is 0.333. The molecule has 6 nitrogen and oxygen atoms in total. The third kappa shape index (κ3) is 4.78. The molecule has 0 aromatic heterocycles. The van der Waals surface area contributed by atoms with Gasteiger partial charge in [0, 0.05) is 18.7 Å².